The lowest BCUT2D eigenvalue weighted by Crippen LogP contribution is -2.13. The maximum atomic E-state index is 12.0. The van der Waals surface area contributed by atoms with E-state index in [0.717, 1.165) is 0 Å². The third kappa shape index (κ3) is 5.85. The van der Waals surface area contributed by atoms with Gasteiger partial charge in [-0.2, -0.15) is 0 Å². The van der Waals surface area contributed by atoms with E-state index in [9.17, 15) is 14.4 Å². The minimum atomic E-state index is -0.593. The molecule has 0 bridgehead atoms. The van der Waals surface area contributed by atoms with Gasteiger partial charge in [0.15, 0.2) is 0 Å². The van der Waals surface area contributed by atoms with E-state index in [0.29, 0.717) is 33.5 Å². The van der Waals surface area contributed by atoms with Crippen molar-refractivity contribution >= 4 is 28.7 Å². The average molecular weight is 425 g/mol. The molecule has 162 valence electrons. The van der Waals surface area contributed by atoms with Crippen molar-refractivity contribution in [1.29, 1.82) is 0 Å². The van der Waals surface area contributed by atoms with Crippen molar-refractivity contribution in [3.63, 3.8) is 0 Å². The van der Waals surface area contributed by atoms with Crippen LogP contribution in [0.5, 0.6) is 5.75 Å². The second kappa shape index (κ2) is 9.80. The summed E-state index contributed by atoms with van der Waals surface area (Å²) in [5.74, 6) is 0.128. The topological polar surface area (TPSA) is 104 Å². The SMILES string of the molecule is CCOC(=O)Nc1ccc2c(COc3ccc(C(=O)OC(C)C)cc3)cc(=O)oc2c1. The van der Waals surface area contributed by atoms with Crippen LogP contribution in [-0.4, -0.2) is 24.8 Å². The zero-order valence-corrected chi connectivity index (χ0v) is 17.5. The Hall–Kier alpha value is -3.81. The van der Waals surface area contributed by atoms with Gasteiger partial charge < -0.3 is 18.6 Å². The quantitative estimate of drug-likeness (QED) is 0.439. The van der Waals surface area contributed by atoms with E-state index in [1.54, 1.807) is 63.2 Å². The number of esters is 1. The van der Waals surface area contributed by atoms with Crippen molar-refractivity contribution in [2.45, 2.75) is 33.5 Å². The predicted octanol–water partition coefficient (Wildman–Crippen LogP) is 4.51. The molecule has 1 aromatic heterocycles. The van der Waals surface area contributed by atoms with Crippen LogP contribution < -0.4 is 15.7 Å². The molecule has 1 amide bonds. The molecule has 2 aromatic carbocycles. The van der Waals surface area contributed by atoms with Crippen molar-refractivity contribution < 1.29 is 28.2 Å². The van der Waals surface area contributed by atoms with Gasteiger partial charge in [-0.1, -0.05) is 0 Å². The smallest absolute Gasteiger partial charge is 0.411 e. The summed E-state index contributed by atoms with van der Waals surface area (Å²) in [6, 6.07) is 12.9. The van der Waals surface area contributed by atoms with E-state index in [-0.39, 0.29) is 19.3 Å². The van der Waals surface area contributed by atoms with Crippen LogP contribution in [0.2, 0.25) is 0 Å². The van der Waals surface area contributed by atoms with Crippen LogP contribution in [0.3, 0.4) is 0 Å². The van der Waals surface area contributed by atoms with Gasteiger partial charge in [-0.25, -0.2) is 14.4 Å². The van der Waals surface area contributed by atoms with Gasteiger partial charge in [0, 0.05) is 28.8 Å². The standard InChI is InChI=1S/C23H23NO7/c1-4-28-23(27)24-17-7-10-19-16(11-21(25)31-20(19)12-17)13-29-18-8-5-15(6-9-18)22(26)30-14(2)3/h5-12,14H,4,13H2,1-3H3,(H,24,27). The lowest BCUT2D eigenvalue weighted by Gasteiger charge is -2.11. The summed E-state index contributed by atoms with van der Waals surface area (Å²) in [4.78, 5) is 35.5. The Kier molecular flexibility index (Phi) is 6.92. The zero-order chi connectivity index (χ0) is 22.4. The van der Waals surface area contributed by atoms with E-state index in [4.69, 9.17) is 18.6 Å². The molecule has 1 heterocycles. The highest BCUT2D eigenvalue weighted by atomic mass is 16.5. The maximum Gasteiger partial charge on any atom is 0.411 e. The Bertz CT molecular complexity index is 1130. The fraction of sp³-hybridized carbons (Fsp3) is 0.261. The minimum absolute atomic E-state index is 0.114. The van der Waals surface area contributed by atoms with Gasteiger partial charge in [-0.05, 0) is 57.2 Å². The largest absolute Gasteiger partial charge is 0.489 e. The number of benzene rings is 2. The van der Waals surface area contributed by atoms with Gasteiger partial charge in [-0.3, -0.25) is 5.32 Å². The first-order chi connectivity index (χ1) is 14.9. The number of nitrogens with one attached hydrogen (secondary N) is 1. The molecule has 8 heteroatoms. The molecular weight excluding hydrogens is 402 g/mol. The van der Waals surface area contributed by atoms with E-state index in [2.05, 4.69) is 5.32 Å². The number of amides is 1. The Labute approximate surface area is 178 Å². The molecule has 0 spiro atoms. The number of carbonyl (C=O) groups excluding carboxylic acids is 2. The van der Waals surface area contributed by atoms with Crippen molar-refractivity contribution in [2.24, 2.45) is 0 Å². The summed E-state index contributed by atoms with van der Waals surface area (Å²) in [5.41, 5.74) is 1.26. The summed E-state index contributed by atoms with van der Waals surface area (Å²) in [6.45, 7) is 5.63. The third-order valence-electron chi connectivity index (χ3n) is 4.18. The van der Waals surface area contributed by atoms with Crippen molar-refractivity contribution in [3.8, 4) is 5.75 Å². The zero-order valence-electron chi connectivity index (χ0n) is 17.5. The number of hydrogen-bond donors (Lipinski definition) is 1. The van der Waals surface area contributed by atoms with Crippen LogP contribution in [0.1, 0.15) is 36.7 Å². The summed E-state index contributed by atoms with van der Waals surface area (Å²) in [7, 11) is 0. The summed E-state index contributed by atoms with van der Waals surface area (Å²) in [5, 5.41) is 3.24. The van der Waals surface area contributed by atoms with Crippen molar-refractivity contribution in [1.82, 2.24) is 0 Å². The third-order valence-corrected chi connectivity index (χ3v) is 4.18. The van der Waals surface area contributed by atoms with Crippen molar-refractivity contribution in [2.75, 3.05) is 11.9 Å². The van der Waals surface area contributed by atoms with Crippen LogP contribution in [0.4, 0.5) is 10.5 Å². The number of anilines is 1. The molecule has 0 aliphatic carbocycles. The van der Waals surface area contributed by atoms with Crippen LogP contribution in [0, 0.1) is 0 Å². The van der Waals surface area contributed by atoms with Crippen LogP contribution in [-0.2, 0) is 16.1 Å². The fourth-order valence-corrected chi connectivity index (χ4v) is 2.84. The predicted molar refractivity (Wildman–Crippen MR) is 114 cm³/mol. The Balaban J connectivity index is 1.74. The molecule has 1 N–H and O–H groups in total. The highest BCUT2D eigenvalue weighted by Gasteiger charge is 2.11. The summed E-state index contributed by atoms with van der Waals surface area (Å²) in [6.07, 6.45) is -0.793. The first kappa shape index (κ1) is 21.9. The molecule has 3 rings (SSSR count). The highest BCUT2D eigenvalue weighted by molar-refractivity contribution is 5.90. The van der Waals surface area contributed by atoms with Gasteiger partial charge in [0.2, 0.25) is 0 Å². The lowest BCUT2D eigenvalue weighted by atomic mass is 10.1. The van der Waals surface area contributed by atoms with Gasteiger partial charge in [-0.15, -0.1) is 0 Å². The molecule has 0 saturated carbocycles. The van der Waals surface area contributed by atoms with E-state index in [1.165, 1.54) is 6.07 Å². The first-order valence-corrected chi connectivity index (χ1v) is 9.80. The molecule has 0 unspecified atom stereocenters. The number of hydrogen-bond acceptors (Lipinski definition) is 7. The van der Waals surface area contributed by atoms with Gasteiger partial charge in [0.05, 0.1) is 18.3 Å². The van der Waals surface area contributed by atoms with Crippen LogP contribution in [0.15, 0.2) is 57.7 Å². The van der Waals surface area contributed by atoms with Gasteiger partial charge >= 0.3 is 17.7 Å². The van der Waals surface area contributed by atoms with Crippen LogP contribution >= 0.6 is 0 Å². The molecule has 0 radical (unpaired) electrons. The normalized spacial score (nSPS) is 10.7. The number of fused-ring (bicyclic) bond motifs is 1. The van der Waals surface area contributed by atoms with Crippen molar-refractivity contribution in [3.05, 3.63) is 70.1 Å². The molecule has 31 heavy (non-hydrogen) atoms. The number of rotatable bonds is 7. The lowest BCUT2D eigenvalue weighted by molar-refractivity contribution is 0.0378. The molecule has 0 atom stereocenters. The summed E-state index contributed by atoms with van der Waals surface area (Å²) < 4.78 is 21.0. The molecule has 0 aliphatic rings. The summed E-state index contributed by atoms with van der Waals surface area (Å²) >= 11 is 0. The average Bonchev–Trinajstić information content (AvgIpc) is 2.71. The van der Waals surface area contributed by atoms with E-state index >= 15 is 0 Å². The minimum Gasteiger partial charge on any atom is -0.489 e. The fourth-order valence-electron chi connectivity index (χ4n) is 2.84. The highest BCUT2D eigenvalue weighted by Crippen LogP contribution is 2.23. The monoisotopic (exact) mass is 425 g/mol. The molecule has 8 nitrogen and oxygen atoms in total. The number of ether oxygens (including phenoxy) is 3. The Morgan fingerprint density at radius 2 is 1.81 bits per heavy atom. The maximum absolute atomic E-state index is 12.0. The Morgan fingerprint density at radius 1 is 1.06 bits per heavy atom. The van der Waals surface area contributed by atoms with E-state index < -0.39 is 17.7 Å². The first-order valence-electron chi connectivity index (χ1n) is 9.80. The second-order valence-corrected chi connectivity index (χ2v) is 6.91. The molecule has 3 aromatic rings. The van der Waals surface area contributed by atoms with Gasteiger partial charge in [0.1, 0.15) is 17.9 Å². The molecule has 0 saturated heterocycles. The Morgan fingerprint density at radius 3 is 2.48 bits per heavy atom. The number of carbonyl (C=O) groups is 2. The van der Waals surface area contributed by atoms with E-state index in [1.807, 2.05) is 0 Å². The molecule has 0 aliphatic heterocycles. The second-order valence-electron chi connectivity index (χ2n) is 6.91. The molecule has 0 fully saturated rings. The molecular formula is C23H23NO7. The van der Waals surface area contributed by atoms with Gasteiger partial charge in [0.25, 0.3) is 0 Å². The van der Waals surface area contributed by atoms with Crippen LogP contribution in [0.25, 0.3) is 11.0 Å².